The maximum atomic E-state index is 12.3. The standard InChI is InChI=1S/C21H27ClN2O5/c1-24(11-12-29-17-7-5-15(22)6-8-17)10-9-20(25)23-16-13-18(26-2)21(28-4)19(14-16)27-3/h5-8,13-14H,9-12H2,1-4H3,(H,23,25). The van der Waals surface area contributed by atoms with Crippen LogP contribution in [0.5, 0.6) is 23.0 Å². The van der Waals surface area contributed by atoms with Crippen molar-refractivity contribution < 1.29 is 23.7 Å². The highest BCUT2D eigenvalue weighted by Crippen LogP contribution is 2.39. The minimum atomic E-state index is -0.107. The van der Waals surface area contributed by atoms with E-state index in [4.69, 9.17) is 30.5 Å². The number of carbonyl (C=O) groups is 1. The second-order valence-corrected chi connectivity index (χ2v) is 6.75. The Morgan fingerprint density at radius 1 is 1.00 bits per heavy atom. The Bertz CT molecular complexity index is 773. The Kier molecular flexibility index (Phi) is 8.89. The Morgan fingerprint density at radius 3 is 2.17 bits per heavy atom. The number of anilines is 1. The van der Waals surface area contributed by atoms with Gasteiger partial charge in [0.1, 0.15) is 12.4 Å². The van der Waals surface area contributed by atoms with E-state index in [1.807, 2.05) is 24.1 Å². The summed E-state index contributed by atoms with van der Waals surface area (Å²) in [6, 6.07) is 10.6. The Morgan fingerprint density at radius 2 is 1.62 bits per heavy atom. The lowest BCUT2D eigenvalue weighted by atomic mass is 10.2. The van der Waals surface area contributed by atoms with Gasteiger partial charge < -0.3 is 29.2 Å². The van der Waals surface area contributed by atoms with Crippen LogP contribution >= 0.6 is 11.6 Å². The van der Waals surface area contributed by atoms with E-state index in [0.29, 0.717) is 54.1 Å². The molecule has 0 atom stereocenters. The first kappa shape index (κ1) is 22.6. The van der Waals surface area contributed by atoms with Crippen molar-refractivity contribution in [3.63, 3.8) is 0 Å². The van der Waals surface area contributed by atoms with Crippen molar-refractivity contribution in [2.75, 3.05) is 53.4 Å². The first-order valence-corrected chi connectivity index (χ1v) is 9.51. The summed E-state index contributed by atoms with van der Waals surface area (Å²) in [7, 11) is 6.54. The highest BCUT2D eigenvalue weighted by molar-refractivity contribution is 6.30. The van der Waals surface area contributed by atoms with E-state index < -0.39 is 0 Å². The zero-order valence-corrected chi connectivity index (χ0v) is 17.9. The normalized spacial score (nSPS) is 10.6. The van der Waals surface area contributed by atoms with Gasteiger partial charge >= 0.3 is 0 Å². The van der Waals surface area contributed by atoms with Gasteiger partial charge in [-0.3, -0.25) is 4.79 Å². The van der Waals surface area contributed by atoms with Crippen LogP contribution in [0.1, 0.15) is 6.42 Å². The van der Waals surface area contributed by atoms with Crippen molar-refractivity contribution >= 4 is 23.2 Å². The Balaban J connectivity index is 1.79. The number of amides is 1. The average molecular weight is 423 g/mol. The maximum Gasteiger partial charge on any atom is 0.225 e. The lowest BCUT2D eigenvalue weighted by molar-refractivity contribution is -0.116. The second kappa shape index (κ2) is 11.4. The molecule has 0 saturated heterocycles. The third-order valence-corrected chi connectivity index (χ3v) is 4.48. The number of ether oxygens (including phenoxy) is 4. The van der Waals surface area contributed by atoms with Crippen LogP contribution in [0.25, 0.3) is 0 Å². The molecule has 0 aromatic heterocycles. The highest BCUT2D eigenvalue weighted by atomic mass is 35.5. The third-order valence-electron chi connectivity index (χ3n) is 4.22. The molecule has 2 aromatic carbocycles. The summed E-state index contributed by atoms with van der Waals surface area (Å²) in [5.74, 6) is 2.11. The summed E-state index contributed by atoms with van der Waals surface area (Å²) < 4.78 is 21.6. The van der Waals surface area contributed by atoms with Crippen molar-refractivity contribution in [3.8, 4) is 23.0 Å². The Labute approximate surface area is 176 Å². The van der Waals surface area contributed by atoms with Crippen molar-refractivity contribution in [2.45, 2.75) is 6.42 Å². The van der Waals surface area contributed by atoms with E-state index in [0.717, 1.165) is 5.75 Å². The Hall–Kier alpha value is -2.64. The summed E-state index contributed by atoms with van der Waals surface area (Å²) in [5.41, 5.74) is 0.582. The fourth-order valence-corrected chi connectivity index (χ4v) is 2.76. The quantitative estimate of drug-likeness (QED) is 0.595. The molecule has 158 valence electrons. The summed E-state index contributed by atoms with van der Waals surface area (Å²) in [6.45, 7) is 1.81. The number of hydrogen-bond donors (Lipinski definition) is 1. The molecule has 0 aliphatic rings. The number of nitrogens with zero attached hydrogens (tertiary/aromatic N) is 1. The highest BCUT2D eigenvalue weighted by Gasteiger charge is 2.14. The molecular weight excluding hydrogens is 396 g/mol. The van der Waals surface area contributed by atoms with Gasteiger partial charge in [0.15, 0.2) is 11.5 Å². The lowest BCUT2D eigenvalue weighted by Crippen LogP contribution is -2.28. The molecule has 2 rings (SSSR count). The van der Waals surface area contributed by atoms with Gasteiger partial charge in [-0.15, -0.1) is 0 Å². The first-order valence-electron chi connectivity index (χ1n) is 9.13. The summed E-state index contributed by atoms with van der Waals surface area (Å²) in [5, 5.41) is 3.53. The third kappa shape index (κ3) is 7.03. The maximum absolute atomic E-state index is 12.3. The number of likely N-dealkylation sites (N-methyl/N-ethyl adjacent to an activating group) is 1. The first-order chi connectivity index (χ1) is 14.0. The molecule has 1 N–H and O–H groups in total. The van der Waals surface area contributed by atoms with Gasteiger partial charge in [0.25, 0.3) is 0 Å². The topological polar surface area (TPSA) is 69.3 Å². The van der Waals surface area contributed by atoms with E-state index in [9.17, 15) is 4.79 Å². The fraction of sp³-hybridized carbons (Fsp3) is 0.381. The lowest BCUT2D eigenvalue weighted by Gasteiger charge is -2.17. The van der Waals surface area contributed by atoms with Crippen LogP contribution in [0.4, 0.5) is 5.69 Å². The summed E-state index contributed by atoms with van der Waals surface area (Å²) in [4.78, 5) is 14.3. The van der Waals surface area contributed by atoms with Crippen molar-refractivity contribution in [2.24, 2.45) is 0 Å². The monoisotopic (exact) mass is 422 g/mol. The van der Waals surface area contributed by atoms with Crippen LogP contribution in [-0.4, -0.2) is 58.9 Å². The van der Waals surface area contributed by atoms with E-state index in [2.05, 4.69) is 5.32 Å². The van der Waals surface area contributed by atoms with Gasteiger partial charge in [-0.05, 0) is 31.3 Å². The molecule has 0 fully saturated rings. The molecule has 7 nitrogen and oxygen atoms in total. The summed E-state index contributed by atoms with van der Waals surface area (Å²) >= 11 is 5.85. The smallest absolute Gasteiger partial charge is 0.225 e. The average Bonchev–Trinajstić information content (AvgIpc) is 2.72. The van der Waals surface area contributed by atoms with E-state index in [1.54, 1.807) is 24.3 Å². The van der Waals surface area contributed by atoms with Crippen molar-refractivity contribution in [3.05, 3.63) is 41.4 Å². The molecule has 8 heteroatoms. The minimum absolute atomic E-state index is 0.107. The molecule has 2 aromatic rings. The SMILES string of the molecule is COc1cc(NC(=O)CCN(C)CCOc2ccc(Cl)cc2)cc(OC)c1OC. The minimum Gasteiger partial charge on any atom is -0.493 e. The molecule has 29 heavy (non-hydrogen) atoms. The van der Waals surface area contributed by atoms with Gasteiger partial charge in [0, 0.05) is 42.4 Å². The van der Waals surface area contributed by atoms with Crippen LogP contribution in [0.2, 0.25) is 5.02 Å². The van der Waals surface area contributed by atoms with Crippen LogP contribution in [0.15, 0.2) is 36.4 Å². The predicted molar refractivity (Wildman–Crippen MR) is 114 cm³/mol. The van der Waals surface area contributed by atoms with Gasteiger partial charge in [-0.1, -0.05) is 11.6 Å². The number of benzene rings is 2. The van der Waals surface area contributed by atoms with E-state index >= 15 is 0 Å². The van der Waals surface area contributed by atoms with Gasteiger partial charge in [0.05, 0.1) is 21.3 Å². The zero-order chi connectivity index (χ0) is 21.2. The van der Waals surface area contributed by atoms with Crippen LogP contribution in [-0.2, 0) is 4.79 Å². The van der Waals surface area contributed by atoms with E-state index in [1.165, 1.54) is 21.3 Å². The zero-order valence-electron chi connectivity index (χ0n) is 17.2. The van der Waals surface area contributed by atoms with Gasteiger partial charge in [0.2, 0.25) is 11.7 Å². The van der Waals surface area contributed by atoms with Crippen LogP contribution < -0.4 is 24.3 Å². The molecule has 0 saturated carbocycles. The number of hydrogen-bond acceptors (Lipinski definition) is 6. The number of halogens is 1. The van der Waals surface area contributed by atoms with Gasteiger partial charge in [-0.2, -0.15) is 0 Å². The summed E-state index contributed by atoms with van der Waals surface area (Å²) in [6.07, 6.45) is 0.341. The van der Waals surface area contributed by atoms with Crippen LogP contribution in [0, 0.1) is 0 Å². The van der Waals surface area contributed by atoms with Crippen molar-refractivity contribution in [1.29, 1.82) is 0 Å². The second-order valence-electron chi connectivity index (χ2n) is 6.32. The van der Waals surface area contributed by atoms with Crippen LogP contribution in [0.3, 0.4) is 0 Å². The molecule has 0 aliphatic heterocycles. The molecule has 0 bridgehead atoms. The predicted octanol–water partition coefficient (Wildman–Crippen LogP) is 3.71. The molecule has 0 spiro atoms. The fourth-order valence-electron chi connectivity index (χ4n) is 2.63. The van der Waals surface area contributed by atoms with Crippen molar-refractivity contribution in [1.82, 2.24) is 4.90 Å². The number of carbonyl (C=O) groups excluding carboxylic acids is 1. The number of nitrogens with one attached hydrogen (secondary N) is 1. The molecule has 0 radical (unpaired) electrons. The molecule has 0 aliphatic carbocycles. The molecule has 0 unspecified atom stereocenters. The molecule has 0 heterocycles. The largest absolute Gasteiger partial charge is 0.493 e. The van der Waals surface area contributed by atoms with E-state index in [-0.39, 0.29) is 5.91 Å². The van der Waals surface area contributed by atoms with Gasteiger partial charge in [-0.25, -0.2) is 0 Å². The molecular formula is C21H27ClN2O5. The molecule has 1 amide bonds. The number of rotatable bonds is 11. The number of methoxy groups -OCH3 is 3.